The number of aryl methyl sites for hydroxylation is 1. The third-order valence-corrected chi connectivity index (χ3v) is 3.09. The summed E-state index contributed by atoms with van der Waals surface area (Å²) in [5, 5.41) is 0. The topological polar surface area (TPSA) is 20.3 Å². The van der Waals surface area contributed by atoms with Crippen molar-refractivity contribution in [2.24, 2.45) is 0 Å². The highest BCUT2D eigenvalue weighted by molar-refractivity contribution is 5.75. The molecule has 1 aromatic rings. The molecule has 1 amide bonds. The van der Waals surface area contributed by atoms with Crippen molar-refractivity contribution in [2.45, 2.75) is 46.1 Å². The quantitative estimate of drug-likeness (QED) is 0.688. The first-order chi connectivity index (χ1) is 8.15. The summed E-state index contributed by atoms with van der Waals surface area (Å²) in [6.45, 7) is 4.96. The zero-order valence-electron chi connectivity index (χ0n) is 11.2. The second-order valence-electron chi connectivity index (χ2n) is 4.63. The van der Waals surface area contributed by atoms with Gasteiger partial charge in [-0.1, -0.05) is 44.0 Å². The van der Waals surface area contributed by atoms with Crippen molar-refractivity contribution in [3.8, 4) is 0 Å². The summed E-state index contributed by atoms with van der Waals surface area (Å²) >= 11 is 0. The number of carbonyl (C=O) groups is 1. The summed E-state index contributed by atoms with van der Waals surface area (Å²) < 4.78 is 0. The van der Waals surface area contributed by atoms with Gasteiger partial charge in [0, 0.05) is 20.0 Å². The van der Waals surface area contributed by atoms with Gasteiger partial charge in [-0.15, -0.1) is 0 Å². The summed E-state index contributed by atoms with van der Waals surface area (Å²) in [6.07, 6.45) is 3.99. The number of unbranched alkanes of at least 4 members (excludes halogenated alkanes) is 2. The molecule has 0 aliphatic rings. The minimum absolute atomic E-state index is 0.252. The zero-order chi connectivity index (χ0) is 12.7. The number of hydrogen-bond acceptors (Lipinski definition) is 1. The monoisotopic (exact) mass is 233 g/mol. The zero-order valence-corrected chi connectivity index (χ0v) is 11.2. The number of benzene rings is 1. The standard InChI is InChI=1S/C15H23NO/c1-4-5-6-11-15(17)16(3)12-14-10-8-7-9-13(14)2/h7-10H,4-6,11-12H2,1-3H3. The first-order valence-corrected chi connectivity index (χ1v) is 6.43. The van der Waals surface area contributed by atoms with Gasteiger partial charge < -0.3 is 4.90 Å². The third kappa shape index (κ3) is 4.59. The van der Waals surface area contributed by atoms with Gasteiger partial charge in [-0.25, -0.2) is 0 Å². The Morgan fingerprint density at radius 1 is 1.24 bits per heavy atom. The number of rotatable bonds is 6. The number of hydrogen-bond donors (Lipinski definition) is 0. The molecule has 1 rings (SSSR count). The van der Waals surface area contributed by atoms with Gasteiger partial charge in [0.1, 0.15) is 0 Å². The average Bonchev–Trinajstić information content (AvgIpc) is 2.32. The van der Waals surface area contributed by atoms with E-state index in [9.17, 15) is 4.79 Å². The van der Waals surface area contributed by atoms with Crippen LogP contribution in [0.2, 0.25) is 0 Å². The van der Waals surface area contributed by atoms with Crippen LogP contribution in [0.3, 0.4) is 0 Å². The Hall–Kier alpha value is -1.31. The van der Waals surface area contributed by atoms with Crippen LogP contribution < -0.4 is 0 Å². The molecule has 94 valence electrons. The Morgan fingerprint density at radius 3 is 2.59 bits per heavy atom. The van der Waals surface area contributed by atoms with E-state index >= 15 is 0 Å². The van der Waals surface area contributed by atoms with E-state index < -0.39 is 0 Å². The molecular weight excluding hydrogens is 210 g/mol. The van der Waals surface area contributed by atoms with E-state index in [-0.39, 0.29) is 5.91 Å². The first-order valence-electron chi connectivity index (χ1n) is 6.43. The van der Waals surface area contributed by atoms with E-state index in [0.717, 1.165) is 25.8 Å². The average molecular weight is 233 g/mol. The van der Waals surface area contributed by atoms with Crippen molar-refractivity contribution >= 4 is 5.91 Å². The van der Waals surface area contributed by atoms with Gasteiger partial charge in [-0.3, -0.25) is 4.79 Å². The Balaban J connectivity index is 2.46. The minimum atomic E-state index is 0.252. The van der Waals surface area contributed by atoms with Gasteiger partial charge >= 0.3 is 0 Å². The highest BCUT2D eigenvalue weighted by Crippen LogP contribution is 2.11. The maximum atomic E-state index is 11.9. The molecular formula is C15H23NO. The van der Waals surface area contributed by atoms with Crippen LogP contribution in [0.5, 0.6) is 0 Å². The van der Waals surface area contributed by atoms with Crippen molar-refractivity contribution in [2.75, 3.05) is 7.05 Å². The Morgan fingerprint density at radius 2 is 1.94 bits per heavy atom. The molecule has 0 aromatic heterocycles. The lowest BCUT2D eigenvalue weighted by molar-refractivity contribution is -0.130. The summed E-state index contributed by atoms with van der Waals surface area (Å²) in [6, 6.07) is 8.23. The van der Waals surface area contributed by atoms with Crippen LogP contribution in [0.15, 0.2) is 24.3 Å². The molecule has 0 radical (unpaired) electrons. The molecule has 0 saturated heterocycles. The molecule has 0 heterocycles. The number of carbonyl (C=O) groups excluding carboxylic acids is 1. The van der Waals surface area contributed by atoms with Crippen LogP contribution in [0, 0.1) is 6.92 Å². The van der Waals surface area contributed by atoms with E-state index in [0.29, 0.717) is 6.42 Å². The van der Waals surface area contributed by atoms with Crippen LogP contribution in [0.25, 0.3) is 0 Å². The van der Waals surface area contributed by atoms with Crippen LogP contribution in [0.1, 0.15) is 43.7 Å². The lowest BCUT2D eigenvalue weighted by atomic mass is 10.1. The Bertz CT molecular complexity index is 360. The second-order valence-corrected chi connectivity index (χ2v) is 4.63. The fourth-order valence-electron chi connectivity index (χ4n) is 1.85. The van der Waals surface area contributed by atoms with E-state index in [4.69, 9.17) is 0 Å². The molecule has 17 heavy (non-hydrogen) atoms. The minimum Gasteiger partial charge on any atom is -0.341 e. The predicted molar refractivity (Wildman–Crippen MR) is 71.8 cm³/mol. The predicted octanol–water partition coefficient (Wildman–Crippen LogP) is 3.53. The normalized spacial score (nSPS) is 10.3. The fraction of sp³-hybridized carbons (Fsp3) is 0.533. The molecule has 0 aliphatic carbocycles. The maximum Gasteiger partial charge on any atom is 0.222 e. The van der Waals surface area contributed by atoms with E-state index in [2.05, 4.69) is 26.0 Å². The molecule has 0 N–H and O–H groups in total. The summed E-state index contributed by atoms with van der Waals surface area (Å²) in [5.41, 5.74) is 2.49. The van der Waals surface area contributed by atoms with Gasteiger partial charge in [-0.2, -0.15) is 0 Å². The van der Waals surface area contributed by atoms with Crippen LogP contribution in [-0.2, 0) is 11.3 Å². The molecule has 2 heteroatoms. The van der Waals surface area contributed by atoms with Crippen LogP contribution >= 0.6 is 0 Å². The van der Waals surface area contributed by atoms with Gasteiger partial charge in [-0.05, 0) is 24.5 Å². The van der Waals surface area contributed by atoms with Crippen LogP contribution in [0.4, 0.5) is 0 Å². The van der Waals surface area contributed by atoms with Crippen molar-refractivity contribution in [3.63, 3.8) is 0 Å². The van der Waals surface area contributed by atoms with E-state index in [1.807, 2.05) is 24.1 Å². The molecule has 1 aromatic carbocycles. The lowest BCUT2D eigenvalue weighted by Crippen LogP contribution is -2.26. The Labute approximate surface area is 105 Å². The van der Waals surface area contributed by atoms with Crippen LogP contribution in [-0.4, -0.2) is 17.9 Å². The molecule has 0 unspecified atom stereocenters. The highest BCUT2D eigenvalue weighted by atomic mass is 16.2. The molecule has 0 spiro atoms. The van der Waals surface area contributed by atoms with Crippen molar-refractivity contribution in [1.29, 1.82) is 0 Å². The van der Waals surface area contributed by atoms with Gasteiger partial charge in [0.25, 0.3) is 0 Å². The van der Waals surface area contributed by atoms with Gasteiger partial charge in [0.05, 0.1) is 0 Å². The number of amides is 1. The van der Waals surface area contributed by atoms with Crippen molar-refractivity contribution < 1.29 is 4.79 Å². The van der Waals surface area contributed by atoms with Gasteiger partial charge in [0.2, 0.25) is 5.91 Å². The SMILES string of the molecule is CCCCCC(=O)N(C)Cc1ccccc1C. The smallest absolute Gasteiger partial charge is 0.222 e. The number of nitrogens with zero attached hydrogens (tertiary/aromatic N) is 1. The second kappa shape index (κ2) is 7.10. The molecule has 0 aliphatic heterocycles. The molecule has 0 fully saturated rings. The highest BCUT2D eigenvalue weighted by Gasteiger charge is 2.09. The molecule has 2 nitrogen and oxygen atoms in total. The van der Waals surface area contributed by atoms with E-state index in [1.165, 1.54) is 11.1 Å². The molecule has 0 saturated carbocycles. The Kier molecular flexibility index (Phi) is 5.75. The van der Waals surface area contributed by atoms with Gasteiger partial charge in [0.15, 0.2) is 0 Å². The lowest BCUT2D eigenvalue weighted by Gasteiger charge is -2.18. The summed E-state index contributed by atoms with van der Waals surface area (Å²) in [4.78, 5) is 13.7. The van der Waals surface area contributed by atoms with Crippen molar-refractivity contribution in [3.05, 3.63) is 35.4 Å². The maximum absolute atomic E-state index is 11.9. The largest absolute Gasteiger partial charge is 0.341 e. The van der Waals surface area contributed by atoms with Crippen molar-refractivity contribution in [1.82, 2.24) is 4.90 Å². The fourth-order valence-corrected chi connectivity index (χ4v) is 1.85. The van der Waals surface area contributed by atoms with E-state index in [1.54, 1.807) is 0 Å². The third-order valence-electron chi connectivity index (χ3n) is 3.09. The molecule has 0 atom stereocenters. The summed E-state index contributed by atoms with van der Waals surface area (Å²) in [7, 11) is 1.89. The first kappa shape index (κ1) is 13.8. The molecule has 0 bridgehead atoms. The summed E-state index contributed by atoms with van der Waals surface area (Å²) in [5.74, 6) is 0.252.